The fraction of sp³-hybridized carbons (Fsp3) is 0.267. The molecule has 2 heterocycles. The van der Waals surface area contributed by atoms with Gasteiger partial charge in [-0.3, -0.25) is 9.78 Å². The second kappa shape index (κ2) is 6.81. The van der Waals surface area contributed by atoms with Crippen molar-refractivity contribution in [3.05, 3.63) is 54.5 Å². The normalized spacial score (nSPS) is 10.9. The van der Waals surface area contributed by atoms with Crippen LogP contribution in [0, 0.1) is 0 Å². The summed E-state index contributed by atoms with van der Waals surface area (Å²) in [5, 5.41) is 18.4. The largest absolute Gasteiger partial charge is 0.312 e. The highest BCUT2D eigenvalue weighted by atomic mass is 15.4. The lowest BCUT2D eigenvalue weighted by Crippen LogP contribution is -2.16. The lowest BCUT2D eigenvalue weighted by atomic mass is 10.1. The number of nitrogens with zero attached hydrogens (tertiary/aromatic N) is 4. The summed E-state index contributed by atoms with van der Waals surface area (Å²) in [6.07, 6.45) is 6.48. The molecular weight excluding hydrogens is 264 g/mol. The van der Waals surface area contributed by atoms with E-state index in [1.54, 1.807) is 6.20 Å². The first-order valence-corrected chi connectivity index (χ1v) is 7.06. The first kappa shape index (κ1) is 13.5. The first-order chi connectivity index (χ1) is 10.4. The van der Waals surface area contributed by atoms with Crippen molar-refractivity contribution in [2.75, 3.05) is 6.54 Å². The highest BCUT2D eigenvalue weighted by Gasteiger charge is 2.06. The minimum atomic E-state index is 0.804. The second-order valence-corrected chi connectivity index (χ2v) is 4.83. The van der Waals surface area contributed by atoms with Gasteiger partial charge in [0.25, 0.3) is 0 Å². The Balaban J connectivity index is 1.49. The van der Waals surface area contributed by atoms with E-state index in [2.05, 4.69) is 38.0 Å². The minimum Gasteiger partial charge on any atom is -0.312 e. The monoisotopic (exact) mass is 282 g/mol. The number of aryl methyl sites for hydroxylation is 1. The van der Waals surface area contributed by atoms with Crippen LogP contribution in [0.1, 0.15) is 12.0 Å². The number of hydrogen-bond donors (Lipinski definition) is 2. The Labute approximate surface area is 123 Å². The van der Waals surface area contributed by atoms with Crippen molar-refractivity contribution in [3.63, 3.8) is 0 Å². The number of H-pyrrole nitrogens is 1. The van der Waals surface area contributed by atoms with E-state index in [4.69, 9.17) is 0 Å². The summed E-state index contributed by atoms with van der Waals surface area (Å²) >= 11 is 0. The number of rotatable bonds is 7. The zero-order valence-corrected chi connectivity index (χ0v) is 11.7. The number of nitrogens with one attached hydrogen (secondary N) is 2. The molecule has 6 heteroatoms. The SMILES string of the molecule is c1ccc(-c2[nH]ncc2CNCCCn2ccnn2)cc1. The van der Waals surface area contributed by atoms with Gasteiger partial charge in [0.05, 0.1) is 18.1 Å². The van der Waals surface area contributed by atoms with E-state index in [0.29, 0.717) is 0 Å². The van der Waals surface area contributed by atoms with Crippen molar-refractivity contribution in [1.82, 2.24) is 30.5 Å². The van der Waals surface area contributed by atoms with Crippen molar-refractivity contribution in [3.8, 4) is 11.3 Å². The Morgan fingerprint density at radius 2 is 2.10 bits per heavy atom. The average molecular weight is 282 g/mol. The van der Waals surface area contributed by atoms with Gasteiger partial charge in [0.1, 0.15) is 0 Å². The van der Waals surface area contributed by atoms with Gasteiger partial charge in [0.15, 0.2) is 0 Å². The van der Waals surface area contributed by atoms with Crippen LogP contribution in [0.15, 0.2) is 48.9 Å². The lowest BCUT2D eigenvalue weighted by molar-refractivity contribution is 0.530. The topological polar surface area (TPSA) is 71.4 Å². The van der Waals surface area contributed by atoms with Crippen molar-refractivity contribution >= 4 is 0 Å². The number of aromatic nitrogens is 5. The summed E-state index contributed by atoms with van der Waals surface area (Å²) in [6.45, 7) is 2.61. The van der Waals surface area contributed by atoms with Crippen molar-refractivity contribution < 1.29 is 0 Å². The molecule has 0 saturated carbocycles. The van der Waals surface area contributed by atoms with Crippen molar-refractivity contribution in [2.24, 2.45) is 0 Å². The molecule has 0 aliphatic carbocycles. The summed E-state index contributed by atoms with van der Waals surface area (Å²) in [5.74, 6) is 0. The van der Waals surface area contributed by atoms with Crippen LogP contribution in [0.2, 0.25) is 0 Å². The summed E-state index contributed by atoms with van der Waals surface area (Å²) in [6, 6.07) is 10.3. The van der Waals surface area contributed by atoms with Crippen molar-refractivity contribution in [1.29, 1.82) is 0 Å². The number of benzene rings is 1. The third-order valence-electron chi connectivity index (χ3n) is 3.31. The highest BCUT2D eigenvalue weighted by Crippen LogP contribution is 2.20. The maximum Gasteiger partial charge on any atom is 0.0695 e. The van der Waals surface area contributed by atoms with Gasteiger partial charge in [-0.15, -0.1) is 5.10 Å². The third kappa shape index (κ3) is 3.55. The molecule has 3 rings (SSSR count). The molecule has 2 N–H and O–H groups in total. The van der Waals surface area contributed by atoms with Crippen molar-refractivity contribution in [2.45, 2.75) is 19.5 Å². The van der Waals surface area contributed by atoms with E-state index in [9.17, 15) is 0 Å². The maximum absolute atomic E-state index is 4.15. The molecule has 0 aliphatic rings. The van der Waals surface area contributed by atoms with Crippen LogP contribution < -0.4 is 5.32 Å². The summed E-state index contributed by atoms with van der Waals surface area (Å²) in [5.41, 5.74) is 3.43. The molecule has 1 aromatic carbocycles. The van der Waals surface area contributed by atoms with Gasteiger partial charge in [0.2, 0.25) is 0 Å². The molecule has 0 radical (unpaired) electrons. The third-order valence-corrected chi connectivity index (χ3v) is 3.31. The highest BCUT2D eigenvalue weighted by molar-refractivity contribution is 5.62. The van der Waals surface area contributed by atoms with E-state index in [0.717, 1.165) is 37.3 Å². The average Bonchev–Trinajstić information content (AvgIpc) is 3.19. The molecule has 0 unspecified atom stereocenters. The lowest BCUT2D eigenvalue weighted by Gasteiger charge is -2.06. The Morgan fingerprint density at radius 1 is 1.19 bits per heavy atom. The molecule has 3 aromatic rings. The van der Waals surface area contributed by atoms with Crippen LogP contribution in [-0.2, 0) is 13.1 Å². The Bertz CT molecular complexity index is 644. The van der Waals surface area contributed by atoms with Gasteiger partial charge in [-0.2, -0.15) is 5.10 Å². The van der Waals surface area contributed by atoms with E-state index in [1.807, 2.05) is 35.3 Å². The summed E-state index contributed by atoms with van der Waals surface area (Å²) < 4.78 is 1.84. The smallest absolute Gasteiger partial charge is 0.0695 e. The molecule has 0 bridgehead atoms. The molecule has 108 valence electrons. The molecule has 21 heavy (non-hydrogen) atoms. The van der Waals surface area contributed by atoms with E-state index in [-0.39, 0.29) is 0 Å². The molecular formula is C15H18N6. The van der Waals surface area contributed by atoms with E-state index in [1.165, 1.54) is 5.56 Å². The van der Waals surface area contributed by atoms with Crippen LogP contribution >= 0.6 is 0 Å². The van der Waals surface area contributed by atoms with Crippen LogP contribution in [0.4, 0.5) is 0 Å². The summed E-state index contributed by atoms with van der Waals surface area (Å²) in [4.78, 5) is 0. The van der Waals surface area contributed by atoms with Gasteiger partial charge in [-0.05, 0) is 18.5 Å². The molecule has 0 aliphatic heterocycles. The molecule has 0 amide bonds. The number of hydrogen-bond acceptors (Lipinski definition) is 4. The van der Waals surface area contributed by atoms with Gasteiger partial charge >= 0.3 is 0 Å². The Morgan fingerprint density at radius 3 is 2.90 bits per heavy atom. The van der Waals surface area contributed by atoms with Gasteiger partial charge in [-0.25, -0.2) is 0 Å². The van der Waals surface area contributed by atoms with E-state index < -0.39 is 0 Å². The van der Waals surface area contributed by atoms with Crippen LogP contribution in [0.5, 0.6) is 0 Å². The van der Waals surface area contributed by atoms with Gasteiger partial charge in [-0.1, -0.05) is 35.5 Å². The predicted octanol–water partition coefficient (Wildman–Crippen LogP) is 1.85. The minimum absolute atomic E-state index is 0.804. The van der Waals surface area contributed by atoms with Crippen LogP contribution in [0.3, 0.4) is 0 Å². The quantitative estimate of drug-likeness (QED) is 0.649. The molecule has 0 spiro atoms. The van der Waals surface area contributed by atoms with Crippen LogP contribution in [0.25, 0.3) is 11.3 Å². The zero-order chi connectivity index (χ0) is 14.3. The Kier molecular flexibility index (Phi) is 4.38. The maximum atomic E-state index is 4.15. The fourth-order valence-corrected chi connectivity index (χ4v) is 2.24. The molecule has 0 saturated heterocycles. The molecule has 2 aromatic heterocycles. The zero-order valence-electron chi connectivity index (χ0n) is 11.7. The second-order valence-electron chi connectivity index (χ2n) is 4.83. The fourth-order valence-electron chi connectivity index (χ4n) is 2.24. The molecule has 0 atom stereocenters. The summed E-state index contributed by atoms with van der Waals surface area (Å²) in [7, 11) is 0. The molecule has 6 nitrogen and oxygen atoms in total. The van der Waals surface area contributed by atoms with Gasteiger partial charge < -0.3 is 5.32 Å². The van der Waals surface area contributed by atoms with Gasteiger partial charge in [0, 0.05) is 24.8 Å². The predicted molar refractivity (Wildman–Crippen MR) is 80.4 cm³/mol. The standard InChI is InChI=1S/C15H18N6/c1-2-5-13(6-3-1)15-14(12-18-19-15)11-16-7-4-9-21-10-8-17-20-21/h1-3,5-6,8,10,12,16H,4,7,9,11H2,(H,18,19). The number of aromatic amines is 1. The Hall–Kier alpha value is -2.47. The van der Waals surface area contributed by atoms with Crippen LogP contribution in [-0.4, -0.2) is 31.7 Å². The van der Waals surface area contributed by atoms with E-state index >= 15 is 0 Å². The molecule has 0 fully saturated rings. The first-order valence-electron chi connectivity index (χ1n) is 7.06.